The molecule has 0 aliphatic carbocycles. The topological polar surface area (TPSA) is 119 Å². The predicted octanol–water partition coefficient (Wildman–Crippen LogP) is 3.92. The monoisotopic (exact) mass is 489 g/mol. The molecule has 2 aromatic heterocycles. The van der Waals surface area contributed by atoms with Crippen molar-refractivity contribution in [2.75, 3.05) is 30.3 Å². The molecule has 0 saturated carbocycles. The van der Waals surface area contributed by atoms with Crippen LogP contribution in [-0.2, 0) is 6.54 Å². The Hall–Kier alpha value is -2.92. The molecular weight excluding hydrogens is 466 g/mol. The Bertz CT molecular complexity index is 1180. The van der Waals surface area contributed by atoms with Crippen LogP contribution in [0.1, 0.15) is 36.5 Å². The Kier molecular flexibility index (Phi) is 7.29. The lowest BCUT2D eigenvalue weighted by atomic mass is 10.1. The summed E-state index contributed by atoms with van der Waals surface area (Å²) in [6.07, 6.45) is 5.27. The van der Waals surface area contributed by atoms with Gasteiger partial charge in [-0.1, -0.05) is 30.3 Å². The summed E-state index contributed by atoms with van der Waals surface area (Å²) in [6, 6.07) is 3.91. The second-order valence-corrected chi connectivity index (χ2v) is 9.26. The molecule has 4 rings (SSSR count). The van der Waals surface area contributed by atoms with Crippen molar-refractivity contribution >= 4 is 51.8 Å². The van der Waals surface area contributed by atoms with Gasteiger partial charge in [-0.2, -0.15) is 5.10 Å². The van der Waals surface area contributed by atoms with E-state index in [2.05, 4.69) is 22.2 Å². The first-order valence-corrected chi connectivity index (χ1v) is 12.2. The van der Waals surface area contributed by atoms with E-state index in [1.54, 1.807) is 22.6 Å². The molecule has 3 heterocycles. The predicted molar refractivity (Wildman–Crippen MR) is 128 cm³/mol. The first-order valence-electron chi connectivity index (χ1n) is 10.8. The average Bonchev–Trinajstić information content (AvgIpc) is 3.22. The minimum atomic E-state index is -0.599. The van der Waals surface area contributed by atoms with E-state index in [1.165, 1.54) is 24.6 Å². The summed E-state index contributed by atoms with van der Waals surface area (Å²) in [5, 5.41) is 20.3. The summed E-state index contributed by atoms with van der Waals surface area (Å²) in [6.45, 7) is 4.56. The lowest BCUT2D eigenvalue weighted by Gasteiger charge is -2.28. The summed E-state index contributed by atoms with van der Waals surface area (Å²) >= 11 is 7.50. The SMILES string of the molecule is CCSc1nc(N2CCCCC2)c2cnn(CCNC(=O)c3cc(Cl)ccc3[N+](=O)[O-])c2n1. The number of carbonyl (C=O) groups excluding carboxylic acids is 1. The average molecular weight is 490 g/mol. The summed E-state index contributed by atoms with van der Waals surface area (Å²) in [5.74, 6) is 1.19. The van der Waals surface area contributed by atoms with E-state index < -0.39 is 10.8 Å². The van der Waals surface area contributed by atoms with Crippen molar-refractivity contribution in [3.05, 3.63) is 45.1 Å². The highest BCUT2D eigenvalue weighted by Gasteiger charge is 2.22. The quantitative estimate of drug-likeness (QED) is 0.219. The lowest BCUT2D eigenvalue weighted by Crippen LogP contribution is -2.30. The minimum Gasteiger partial charge on any atom is -0.356 e. The Morgan fingerprint density at radius 3 is 2.79 bits per heavy atom. The number of aromatic nitrogens is 4. The highest BCUT2D eigenvalue weighted by molar-refractivity contribution is 7.99. The molecule has 0 unspecified atom stereocenters. The van der Waals surface area contributed by atoms with Crippen LogP contribution in [0.4, 0.5) is 11.5 Å². The fraction of sp³-hybridized carbons (Fsp3) is 0.429. The molecular formula is C21H24ClN7O3S. The van der Waals surface area contributed by atoms with Crippen LogP contribution in [0, 0.1) is 10.1 Å². The molecule has 1 N–H and O–H groups in total. The number of nitrogens with one attached hydrogen (secondary N) is 1. The molecule has 174 valence electrons. The molecule has 12 heteroatoms. The number of halogens is 1. The number of anilines is 1. The van der Waals surface area contributed by atoms with E-state index in [-0.39, 0.29) is 22.8 Å². The minimum absolute atomic E-state index is 0.0748. The Balaban J connectivity index is 1.53. The molecule has 0 spiro atoms. The van der Waals surface area contributed by atoms with Crippen LogP contribution in [0.25, 0.3) is 11.0 Å². The molecule has 1 aromatic carbocycles. The number of thioether (sulfide) groups is 1. The van der Waals surface area contributed by atoms with E-state index in [4.69, 9.17) is 21.6 Å². The van der Waals surface area contributed by atoms with Gasteiger partial charge in [-0.15, -0.1) is 0 Å². The van der Waals surface area contributed by atoms with Gasteiger partial charge in [0.25, 0.3) is 11.6 Å². The standard InChI is InChI=1S/C21H24ClN7O3S/c1-2-33-21-25-18(27-9-4-3-5-10-27)16-13-24-28(19(16)26-21)11-8-23-20(30)15-12-14(22)6-7-17(15)29(31)32/h6-7,12-13H,2-5,8-11H2,1H3,(H,23,30). The van der Waals surface area contributed by atoms with Gasteiger partial charge >= 0.3 is 0 Å². The molecule has 0 radical (unpaired) electrons. The number of nitro groups is 1. The van der Waals surface area contributed by atoms with Gasteiger partial charge in [0.15, 0.2) is 10.8 Å². The molecule has 1 saturated heterocycles. The van der Waals surface area contributed by atoms with Crippen molar-refractivity contribution in [1.82, 2.24) is 25.1 Å². The maximum absolute atomic E-state index is 12.6. The zero-order chi connectivity index (χ0) is 23.4. The van der Waals surface area contributed by atoms with Gasteiger partial charge < -0.3 is 10.2 Å². The molecule has 3 aromatic rings. The number of benzene rings is 1. The summed E-state index contributed by atoms with van der Waals surface area (Å²) in [7, 11) is 0. The first kappa shape index (κ1) is 23.2. The van der Waals surface area contributed by atoms with E-state index >= 15 is 0 Å². The van der Waals surface area contributed by atoms with Crippen molar-refractivity contribution in [3.63, 3.8) is 0 Å². The van der Waals surface area contributed by atoms with Crippen LogP contribution >= 0.6 is 23.4 Å². The summed E-state index contributed by atoms with van der Waals surface area (Å²) in [5.41, 5.74) is 0.347. The van der Waals surface area contributed by atoms with Gasteiger partial charge in [0.05, 0.1) is 23.1 Å². The number of piperidine rings is 1. The van der Waals surface area contributed by atoms with E-state index in [1.807, 2.05) is 0 Å². The van der Waals surface area contributed by atoms with Crippen LogP contribution < -0.4 is 10.2 Å². The summed E-state index contributed by atoms with van der Waals surface area (Å²) in [4.78, 5) is 35.0. The van der Waals surface area contributed by atoms with Crippen LogP contribution in [0.2, 0.25) is 5.02 Å². The van der Waals surface area contributed by atoms with E-state index in [0.717, 1.165) is 42.9 Å². The number of nitro benzene ring substituents is 1. The highest BCUT2D eigenvalue weighted by atomic mass is 35.5. The smallest absolute Gasteiger partial charge is 0.282 e. The third-order valence-corrected chi connectivity index (χ3v) is 6.36. The maximum atomic E-state index is 12.6. The second kappa shape index (κ2) is 10.3. The molecule has 33 heavy (non-hydrogen) atoms. The van der Waals surface area contributed by atoms with Crippen molar-refractivity contribution in [2.24, 2.45) is 0 Å². The highest BCUT2D eigenvalue weighted by Crippen LogP contribution is 2.29. The van der Waals surface area contributed by atoms with E-state index in [9.17, 15) is 14.9 Å². The number of hydrogen-bond donors (Lipinski definition) is 1. The Morgan fingerprint density at radius 2 is 2.06 bits per heavy atom. The molecule has 0 atom stereocenters. The van der Waals surface area contributed by atoms with E-state index in [0.29, 0.717) is 17.3 Å². The maximum Gasteiger partial charge on any atom is 0.282 e. The number of amides is 1. The molecule has 1 amide bonds. The van der Waals surface area contributed by atoms with Gasteiger partial charge in [0.2, 0.25) is 0 Å². The van der Waals surface area contributed by atoms with Crippen LogP contribution in [0.3, 0.4) is 0 Å². The zero-order valence-electron chi connectivity index (χ0n) is 18.2. The molecule has 0 bridgehead atoms. The van der Waals surface area contributed by atoms with Gasteiger partial charge in [0, 0.05) is 30.7 Å². The second-order valence-electron chi connectivity index (χ2n) is 7.59. The molecule has 1 aliphatic heterocycles. The fourth-order valence-corrected chi connectivity index (χ4v) is 4.58. The van der Waals surface area contributed by atoms with Crippen molar-refractivity contribution in [1.29, 1.82) is 0 Å². The van der Waals surface area contributed by atoms with Gasteiger partial charge in [0.1, 0.15) is 11.4 Å². The van der Waals surface area contributed by atoms with Gasteiger partial charge in [-0.05, 0) is 37.1 Å². The number of rotatable bonds is 8. The van der Waals surface area contributed by atoms with Crippen LogP contribution in [0.15, 0.2) is 29.6 Å². The fourth-order valence-electron chi connectivity index (χ4n) is 3.84. The molecule has 1 fully saturated rings. The summed E-state index contributed by atoms with van der Waals surface area (Å²) < 4.78 is 1.73. The van der Waals surface area contributed by atoms with Crippen molar-refractivity contribution in [3.8, 4) is 0 Å². The Labute approximate surface area is 199 Å². The first-order chi connectivity index (χ1) is 16.0. The lowest BCUT2D eigenvalue weighted by molar-refractivity contribution is -0.385. The zero-order valence-corrected chi connectivity index (χ0v) is 19.7. The largest absolute Gasteiger partial charge is 0.356 e. The number of carbonyl (C=O) groups is 1. The van der Waals surface area contributed by atoms with Crippen molar-refractivity contribution < 1.29 is 9.72 Å². The van der Waals surface area contributed by atoms with Crippen LogP contribution in [-0.4, -0.2) is 56.0 Å². The number of nitrogens with zero attached hydrogens (tertiary/aromatic N) is 6. The molecule has 1 aliphatic rings. The number of hydrogen-bond acceptors (Lipinski definition) is 8. The third kappa shape index (κ3) is 5.19. The van der Waals surface area contributed by atoms with Crippen molar-refractivity contribution in [2.45, 2.75) is 37.9 Å². The Morgan fingerprint density at radius 1 is 1.27 bits per heavy atom. The third-order valence-electron chi connectivity index (χ3n) is 5.39. The van der Waals surface area contributed by atoms with Gasteiger partial charge in [-0.3, -0.25) is 14.9 Å². The molecule has 10 nitrogen and oxygen atoms in total. The number of fused-ring (bicyclic) bond motifs is 1. The van der Waals surface area contributed by atoms with Gasteiger partial charge in [-0.25, -0.2) is 14.6 Å². The van der Waals surface area contributed by atoms with Crippen LogP contribution in [0.5, 0.6) is 0 Å². The normalized spacial score (nSPS) is 13.9.